The van der Waals surface area contributed by atoms with Crippen molar-refractivity contribution in [2.75, 3.05) is 0 Å². The maximum Gasteiger partial charge on any atom is 0.135 e. The highest BCUT2D eigenvalue weighted by atomic mass is 16.3. The number of fused-ring (bicyclic) bond motifs is 9. The average molecular weight is 651 g/mol. The minimum absolute atomic E-state index is 0.905. The Hall–Kier alpha value is -6.84. The van der Waals surface area contributed by atoms with Crippen LogP contribution in [-0.4, -0.2) is 9.13 Å². The molecule has 0 saturated carbocycles. The normalized spacial score (nSPS) is 11.9. The smallest absolute Gasteiger partial charge is 0.135 e. The van der Waals surface area contributed by atoms with Gasteiger partial charge in [-0.3, -0.25) is 0 Å². The molecule has 0 radical (unpaired) electrons. The highest BCUT2D eigenvalue weighted by Crippen LogP contribution is 2.40. The van der Waals surface area contributed by atoms with Crippen molar-refractivity contribution >= 4 is 65.6 Å². The van der Waals surface area contributed by atoms with Gasteiger partial charge >= 0.3 is 0 Å². The monoisotopic (exact) mass is 650 g/mol. The fourth-order valence-corrected chi connectivity index (χ4v) is 8.15. The number of benzene rings is 8. The molecule has 0 fully saturated rings. The van der Waals surface area contributed by atoms with Gasteiger partial charge in [0.25, 0.3) is 0 Å². The van der Waals surface area contributed by atoms with Crippen LogP contribution < -0.4 is 0 Å². The fourth-order valence-electron chi connectivity index (χ4n) is 8.15. The topological polar surface area (TPSA) is 23.0 Å². The number of rotatable bonds is 4. The van der Waals surface area contributed by atoms with Crippen LogP contribution >= 0.6 is 0 Å². The highest BCUT2D eigenvalue weighted by Gasteiger charge is 2.17. The van der Waals surface area contributed by atoms with Crippen molar-refractivity contribution in [2.24, 2.45) is 0 Å². The van der Waals surface area contributed by atoms with E-state index in [-0.39, 0.29) is 0 Å². The van der Waals surface area contributed by atoms with Crippen LogP contribution in [0.4, 0.5) is 0 Å². The number of para-hydroxylation sites is 3. The molecule has 0 atom stereocenters. The number of hydrogen-bond donors (Lipinski definition) is 0. The molecule has 0 unspecified atom stereocenters. The third-order valence-corrected chi connectivity index (χ3v) is 10.5. The third-order valence-electron chi connectivity index (χ3n) is 10.5. The molecule has 0 bridgehead atoms. The van der Waals surface area contributed by atoms with Gasteiger partial charge in [0.1, 0.15) is 11.2 Å². The molecule has 3 aromatic heterocycles. The molecule has 0 aliphatic heterocycles. The van der Waals surface area contributed by atoms with E-state index in [1.165, 1.54) is 65.9 Å². The summed E-state index contributed by atoms with van der Waals surface area (Å²) in [7, 11) is 0. The average Bonchev–Trinajstić information content (AvgIpc) is 3.85. The van der Waals surface area contributed by atoms with Gasteiger partial charge in [-0.2, -0.15) is 0 Å². The van der Waals surface area contributed by atoms with Crippen LogP contribution in [0.25, 0.3) is 99.2 Å². The van der Waals surface area contributed by atoms with E-state index in [9.17, 15) is 0 Å². The van der Waals surface area contributed by atoms with Crippen molar-refractivity contribution in [2.45, 2.75) is 0 Å². The van der Waals surface area contributed by atoms with Gasteiger partial charge in [0.15, 0.2) is 0 Å². The number of aromatic nitrogens is 2. The SMILES string of the molecule is c1ccc(-c2ccc3c(c2)c2cc(-c4ccc5c(c4)c4ccccc4n5-c4ccc5oc6ccccc6c5c4)ccc2n3-c2ccccc2)cc1. The van der Waals surface area contributed by atoms with Crippen molar-refractivity contribution in [3.05, 3.63) is 182 Å². The van der Waals surface area contributed by atoms with Crippen LogP contribution in [0.2, 0.25) is 0 Å². The van der Waals surface area contributed by atoms with E-state index in [4.69, 9.17) is 4.42 Å². The molecule has 0 N–H and O–H groups in total. The molecule has 0 amide bonds. The second kappa shape index (κ2) is 10.8. The Morgan fingerprint density at radius 1 is 0.275 bits per heavy atom. The molecule has 0 saturated heterocycles. The Balaban J connectivity index is 1.11. The molecule has 0 aliphatic carbocycles. The lowest BCUT2D eigenvalue weighted by atomic mass is 9.99. The highest BCUT2D eigenvalue weighted by molar-refractivity contribution is 6.14. The zero-order valence-electron chi connectivity index (χ0n) is 27.6. The Bertz CT molecular complexity index is 3130. The Labute approximate surface area is 293 Å². The van der Waals surface area contributed by atoms with Crippen LogP contribution in [0.1, 0.15) is 0 Å². The third kappa shape index (κ3) is 4.25. The summed E-state index contributed by atoms with van der Waals surface area (Å²) in [6.45, 7) is 0. The summed E-state index contributed by atoms with van der Waals surface area (Å²) in [6.07, 6.45) is 0. The summed E-state index contributed by atoms with van der Waals surface area (Å²) in [4.78, 5) is 0. The van der Waals surface area contributed by atoms with E-state index >= 15 is 0 Å². The molecule has 3 nitrogen and oxygen atoms in total. The van der Waals surface area contributed by atoms with Gasteiger partial charge < -0.3 is 13.6 Å². The van der Waals surface area contributed by atoms with Gasteiger partial charge in [-0.15, -0.1) is 0 Å². The largest absolute Gasteiger partial charge is 0.456 e. The lowest BCUT2D eigenvalue weighted by molar-refractivity contribution is 0.669. The van der Waals surface area contributed by atoms with Crippen LogP contribution in [0, 0.1) is 0 Å². The van der Waals surface area contributed by atoms with E-state index in [1.54, 1.807) is 0 Å². The van der Waals surface area contributed by atoms with Gasteiger partial charge in [0.05, 0.1) is 22.1 Å². The van der Waals surface area contributed by atoms with Crippen molar-refractivity contribution in [3.63, 3.8) is 0 Å². The second-order valence-corrected chi connectivity index (χ2v) is 13.4. The first-order chi connectivity index (χ1) is 25.3. The first kappa shape index (κ1) is 28.0. The van der Waals surface area contributed by atoms with Crippen molar-refractivity contribution in [1.82, 2.24) is 9.13 Å². The predicted molar refractivity (Wildman–Crippen MR) is 213 cm³/mol. The zero-order valence-corrected chi connectivity index (χ0v) is 27.6. The first-order valence-corrected chi connectivity index (χ1v) is 17.4. The molecular formula is C48H30N2O. The van der Waals surface area contributed by atoms with Gasteiger partial charge in [0, 0.05) is 43.7 Å². The molecule has 3 heterocycles. The molecule has 11 rings (SSSR count). The van der Waals surface area contributed by atoms with Crippen molar-refractivity contribution in [3.8, 4) is 33.6 Å². The van der Waals surface area contributed by atoms with Crippen molar-refractivity contribution < 1.29 is 4.42 Å². The lowest BCUT2D eigenvalue weighted by Gasteiger charge is -2.09. The molecule has 8 aromatic carbocycles. The Morgan fingerprint density at radius 2 is 0.765 bits per heavy atom. The minimum atomic E-state index is 0.905. The molecular weight excluding hydrogens is 621 g/mol. The minimum Gasteiger partial charge on any atom is -0.456 e. The summed E-state index contributed by atoms with van der Waals surface area (Å²) in [5.41, 5.74) is 13.7. The molecule has 3 heteroatoms. The van der Waals surface area contributed by atoms with E-state index in [1.807, 2.05) is 12.1 Å². The van der Waals surface area contributed by atoms with Crippen LogP contribution in [0.5, 0.6) is 0 Å². The summed E-state index contributed by atoms with van der Waals surface area (Å²) in [5, 5.41) is 7.23. The molecule has 0 aliphatic rings. The second-order valence-electron chi connectivity index (χ2n) is 13.4. The standard InChI is InChI=1S/C48H30N2O/c1-3-11-31(12-4-1)32-19-23-45-40(27-32)41-29-34(21-25-46(41)49(45)35-13-5-2-6-14-35)33-20-24-44-39(28-33)37-15-7-9-17-43(37)50(44)36-22-26-48-42(30-36)38-16-8-10-18-47(38)51-48/h1-30H. The number of nitrogens with zero attached hydrogens (tertiary/aromatic N) is 2. The van der Waals surface area contributed by atoms with Crippen molar-refractivity contribution in [1.29, 1.82) is 0 Å². The van der Waals surface area contributed by atoms with E-state index in [0.29, 0.717) is 0 Å². The summed E-state index contributed by atoms with van der Waals surface area (Å²) >= 11 is 0. The van der Waals surface area contributed by atoms with Gasteiger partial charge in [-0.25, -0.2) is 0 Å². The predicted octanol–water partition coefficient (Wildman–Crippen LogP) is 13.1. The van der Waals surface area contributed by atoms with Crippen LogP contribution in [-0.2, 0) is 0 Å². The van der Waals surface area contributed by atoms with Gasteiger partial charge in [-0.1, -0.05) is 103 Å². The molecule has 238 valence electrons. The fraction of sp³-hybridized carbons (Fsp3) is 0. The van der Waals surface area contributed by atoms with E-state index < -0.39 is 0 Å². The maximum atomic E-state index is 6.17. The Morgan fingerprint density at radius 3 is 1.45 bits per heavy atom. The summed E-state index contributed by atoms with van der Waals surface area (Å²) in [6, 6.07) is 65.6. The van der Waals surface area contributed by atoms with Crippen LogP contribution in [0.15, 0.2) is 186 Å². The number of hydrogen-bond acceptors (Lipinski definition) is 1. The summed E-state index contributed by atoms with van der Waals surface area (Å²) < 4.78 is 10.9. The van der Waals surface area contributed by atoms with Gasteiger partial charge in [0.2, 0.25) is 0 Å². The maximum absolute atomic E-state index is 6.17. The van der Waals surface area contributed by atoms with Gasteiger partial charge in [-0.05, 0) is 101 Å². The van der Waals surface area contributed by atoms with Crippen LogP contribution in [0.3, 0.4) is 0 Å². The number of furan rings is 1. The Kier molecular flexibility index (Phi) is 5.96. The quantitative estimate of drug-likeness (QED) is 0.186. The first-order valence-electron chi connectivity index (χ1n) is 17.4. The zero-order chi connectivity index (χ0) is 33.5. The molecule has 51 heavy (non-hydrogen) atoms. The van der Waals surface area contributed by atoms with E-state index in [2.05, 4.69) is 179 Å². The molecule has 0 spiro atoms. The summed E-state index contributed by atoms with van der Waals surface area (Å²) in [5.74, 6) is 0. The van der Waals surface area contributed by atoms with E-state index in [0.717, 1.165) is 33.3 Å². The lowest BCUT2D eigenvalue weighted by Crippen LogP contribution is -1.93. The molecule has 11 aromatic rings.